The third-order valence-electron chi connectivity index (χ3n) is 5.20. The number of carbonyl (C=O) groups is 3. The normalized spacial score (nSPS) is 15.8. The van der Waals surface area contributed by atoms with E-state index in [-0.39, 0.29) is 18.5 Å². The Morgan fingerprint density at radius 2 is 1.47 bits per heavy atom. The predicted molar refractivity (Wildman–Crippen MR) is 123 cm³/mol. The van der Waals surface area contributed by atoms with Gasteiger partial charge in [0.25, 0.3) is 11.8 Å². The van der Waals surface area contributed by atoms with E-state index in [1.807, 2.05) is 0 Å². The molecule has 3 aromatic carbocycles. The van der Waals surface area contributed by atoms with Crippen molar-refractivity contribution in [2.75, 3.05) is 4.90 Å². The molecule has 1 aliphatic heterocycles. The number of anilines is 1. The summed E-state index contributed by atoms with van der Waals surface area (Å²) < 4.78 is 27.6. The third kappa shape index (κ3) is 4.55. The Morgan fingerprint density at radius 1 is 0.906 bits per heavy atom. The monoisotopic (exact) mass is 546 g/mol. The molecular formula is C24H17F2IN2O3. The quantitative estimate of drug-likeness (QED) is 0.349. The van der Waals surface area contributed by atoms with E-state index in [0.29, 0.717) is 11.3 Å². The van der Waals surface area contributed by atoms with Crippen LogP contribution in [-0.4, -0.2) is 28.7 Å². The van der Waals surface area contributed by atoms with Gasteiger partial charge in [0.05, 0.1) is 12.1 Å². The number of halogens is 3. The lowest BCUT2D eigenvalue weighted by atomic mass is 10.1. The fraction of sp³-hybridized carbons (Fsp3) is 0.125. The molecule has 3 aromatic rings. The van der Waals surface area contributed by atoms with Crippen LogP contribution >= 0.6 is 22.6 Å². The van der Waals surface area contributed by atoms with Crippen molar-refractivity contribution < 1.29 is 23.2 Å². The minimum absolute atomic E-state index is 0.0132. The molecule has 1 unspecified atom stereocenters. The number of hydrogen-bond donors (Lipinski definition) is 0. The van der Waals surface area contributed by atoms with Crippen LogP contribution in [-0.2, 0) is 16.1 Å². The molecule has 1 saturated heterocycles. The molecule has 1 fully saturated rings. The van der Waals surface area contributed by atoms with Gasteiger partial charge in [-0.2, -0.15) is 0 Å². The van der Waals surface area contributed by atoms with Crippen LogP contribution in [0.1, 0.15) is 22.3 Å². The van der Waals surface area contributed by atoms with Crippen LogP contribution in [0.3, 0.4) is 0 Å². The number of hydrogen-bond acceptors (Lipinski definition) is 3. The van der Waals surface area contributed by atoms with Gasteiger partial charge in [0, 0.05) is 15.7 Å². The fourth-order valence-corrected chi connectivity index (χ4v) is 3.95. The number of carbonyl (C=O) groups excluding carboxylic acids is 3. The van der Waals surface area contributed by atoms with E-state index in [4.69, 9.17) is 0 Å². The van der Waals surface area contributed by atoms with Crippen molar-refractivity contribution in [3.63, 3.8) is 0 Å². The van der Waals surface area contributed by atoms with Crippen LogP contribution in [0, 0.1) is 15.2 Å². The van der Waals surface area contributed by atoms with Crippen molar-refractivity contribution >= 4 is 46.0 Å². The van der Waals surface area contributed by atoms with Crippen molar-refractivity contribution in [3.05, 3.63) is 99.1 Å². The zero-order valence-corrected chi connectivity index (χ0v) is 18.8. The average molecular weight is 546 g/mol. The van der Waals surface area contributed by atoms with Crippen molar-refractivity contribution in [1.82, 2.24) is 4.90 Å². The number of benzene rings is 3. The summed E-state index contributed by atoms with van der Waals surface area (Å²) in [4.78, 5) is 41.7. The van der Waals surface area contributed by atoms with Gasteiger partial charge in [-0.1, -0.05) is 12.1 Å². The first-order valence-corrected chi connectivity index (χ1v) is 10.8. The molecule has 3 amide bonds. The molecule has 0 bridgehead atoms. The van der Waals surface area contributed by atoms with Crippen LogP contribution in [0.15, 0.2) is 72.8 Å². The topological polar surface area (TPSA) is 57.7 Å². The van der Waals surface area contributed by atoms with Gasteiger partial charge in [0.15, 0.2) is 0 Å². The fourth-order valence-electron chi connectivity index (χ4n) is 3.59. The molecule has 32 heavy (non-hydrogen) atoms. The lowest BCUT2D eigenvalue weighted by molar-refractivity contribution is -0.122. The van der Waals surface area contributed by atoms with Crippen molar-refractivity contribution in [3.8, 4) is 0 Å². The molecule has 0 aromatic heterocycles. The Balaban J connectivity index is 1.68. The van der Waals surface area contributed by atoms with Gasteiger partial charge >= 0.3 is 0 Å². The summed E-state index contributed by atoms with van der Waals surface area (Å²) >= 11 is 2.12. The van der Waals surface area contributed by atoms with Gasteiger partial charge in [-0.3, -0.25) is 14.4 Å². The molecule has 0 spiro atoms. The molecule has 1 atom stereocenters. The molecule has 5 nitrogen and oxygen atoms in total. The van der Waals surface area contributed by atoms with E-state index < -0.39 is 35.4 Å². The van der Waals surface area contributed by atoms with E-state index in [1.165, 1.54) is 41.3 Å². The van der Waals surface area contributed by atoms with Gasteiger partial charge in [-0.15, -0.1) is 0 Å². The maximum Gasteiger partial charge on any atom is 0.257 e. The van der Waals surface area contributed by atoms with Gasteiger partial charge in [-0.05, 0) is 88.8 Å². The summed E-state index contributed by atoms with van der Waals surface area (Å²) in [6.45, 7) is -0.0132. The summed E-state index contributed by atoms with van der Waals surface area (Å²) in [5.74, 6) is -2.39. The maximum absolute atomic E-state index is 13.4. The second-order valence-electron chi connectivity index (χ2n) is 7.33. The van der Waals surface area contributed by atoms with E-state index in [0.717, 1.165) is 20.6 Å². The van der Waals surface area contributed by atoms with Crippen molar-refractivity contribution in [2.45, 2.75) is 19.0 Å². The lowest BCUT2D eigenvalue weighted by Gasteiger charge is -2.28. The van der Waals surface area contributed by atoms with E-state index in [1.54, 1.807) is 24.3 Å². The number of imide groups is 1. The highest BCUT2D eigenvalue weighted by Gasteiger charge is 2.44. The second kappa shape index (κ2) is 9.15. The summed E-state index contributed by atoms with van der Waals surface area (Å²) in [7, 11) is 0. The van der Waals surface area contributed by atoms with E-state index >= 15 is 0 Å². The lowest BCUT2D eigenvalue weighted by Crippen LogP contribution is -2.45. The van der Waals surface area contributed by atoms with E-state index in [9.17, 15) is 23.2 Å². The molecule has 0 saturated carbocycles. The summed E-state index contributed by atoms with van der Waals surface area (Å²) in [5, 5.41) is 0. The predicted octanol–water partition coefficient (Wildman–Crippen LogP) is 4.54. The molecular weight excluding hydrogens is 529 g/mol. The average Bonchev–Trinajstić information content (AvgIpc) is 3.08. The van der Waals surface area contributed by atoms with Crippen LogP contribution in [0.4, 0.5) is 14.5 Å². The highest BCUT2D eigenvalue weighted by molar-refractivity contribution is 14.1. The first-order chi connectivity index (χ1) is 15.3. The zero-order valence-electron chi connectivity index (χ0n) is 16.7. The highest BCUT2D eigenvalue weighted by Crippen LogP contribution is 2.28. The number of nitrogens with zero attached hydrogens (tertiary/aromatic N) is 2. The van der Waals surface area contributed by atoms with Crippen LogP contribution in [0.25, 0.3) is 0 Å². The molecule has 1 aliphatic rings. The van der Waals surface area contributed by atoms with Gasteiger partial charge in [-0.25, -0.2) is 13.7 Å². The molecule has 8 heteroatoms. The summed E-state index contributed by atoms with van der Waals surface area (Å²) in [6.07, 6.45) is -0.182. The Hall–Kier alpha value is -3.14. The largest absolute Gasteiger partial charge is 0.322 e. The number of rotatable bonds is 5. The van der Waals surface area contributed by atoms with Crippen LogP contribution in [0.5, 0.6) is 0 Å². The number of amides is 3. The molecule has 162 valence electrons. The minimum Gasteiger partial charge on any atom is -0.322 e. The Labute approximate surface area is 196 Å². The van der Waals surface area contributed by atoms with Crippen LogP contribution in [0.2, 0.25) is 0 Å². The minimum atomic E-state index is -1.04. The smallest absolute Gasteiger partial charge is 0.257 e. The molecule has 1 heterocycles. The van der Waals surface area contributed by atoms with E-state index in [2.05, 4.69) is 22.6 Å². The Kier molecular flexibility index (Phi) is 6.31. The summed E-state index contributed by atoms with van der Waals surface area (Å²) in [6, 6.07) is 16.4. The maximum atomic E-state index is 13.4. The van der Waals surface area contributed by atoms with Gasteiger partial charge in [0.2, 0.25) is 5.91 Å². The standard InChI is InChI=1S/C24H17F2IN2O3/c25-17-5-1-15(2-6-17)14-28(23(31)16-3-7-18(26)8-4-16)21-13-22(30)29(24(21)32)20-11-9-19(27)10-12-20/h1-12,21H,13-14H2. The first-order valence-electron chi connectivity index (χ1n) is 9.77. The Bertz CT molecular complexity index is 1170. The van der Waals surface area contributed by atoms with Crippen molar-refractivity contribution in [2.24, 2.45) is 0 Å². The molecule has 4 rings (SSSR count). The first kappa shape index (κ1) is 22.1. The van der Waals surface area contributed by atoms with Gasteiger partial charge in [0.1, 0.15) is 17.7 Å². The molecule has 0 radical (unpaired) electrons. The molecule has 0 aliphatic carbocycles. The third-order valence-corrected chi connectivity index (χ3v) is 5.92. The molecule has 0 N–H and O–H groups in total. The summed E-state index contributed by atoms with van der Waals surface area (Å²) in [5.41, 5.74) is 1.20. The van der Waals surface area contributed by atoms with Crippen LogP contribution < -0.4 is 4.90 Å². The Morgan fingerprint density at radius 3 is 2.06 bits per heavy atom. The second-order valence-corrected chi connectivity index (χ2v) is 8.58. The highest BCUT2D eigenvalue weighted by atomic mass is 127. The van der Waals surface area contributed by atoms with Crippen molar-refractivity contribution in [1.29, 1.82) is 0 Å². The van der Waals surface area contributed by atoms with Gasteiger partial charge < -0.3 is 4.90 Å². The zero-order chi connectivity index (χ0) is 22.8. The SMILES string of the molecule is O=C1CC(N(Cc2ccc(F)cc2)C(=O)c2ccc(F)cc2)C(=O)N1c1ccc(I)cc1.